The van der Waals surface area contributed by atoms with Gasteiger partial charge >= 0.3 is 0 Å². The zero-order valence-electron chi connectivity index (χ0n) is 12.8. The Morgan fingerprint density at radius 2 is 1.80 bits per heavy atom. The van der Waals surface area contributed by atoms with Crippen molar-refractivity contribution in [3.05, 3.63) is 23.5 Å². The number of allylic oxidation sites excluding steroid dienone is 4. The quantitative estimate of drug-likeness (QED) is 0.793. The highest BCUT2D eigenvalue weighted by atomic mass is 35.5. The van der Waals surface area contributed by atoms with E-state index in [2.05, 4.69) is 33.8 Å². The van der Waals surface area contributed by atoms with Gasteiger partial charge in [-0.15, -0.1) is 11.6 Å². The largest absolute Gasteiger partial charge is 0.493 e. The molecule has 0 saturated heterocycles. The van der Waals surface area contributed by atoms with Crippen LogP contribution in [0.3, 0.4) is 0 Å². The molecule has 0 aliphatic heterocycles. The van der Waals surface area contributed by atoms with Crippen LogP contribution in [0.25, 0.3) is 0 Å². The van der Waals surface area contributed by atoms with Gasteiger partial charge in [0, 0.05) is 23.3 Å². The minimum absolute atomic E-state index is 0.0563. The molecule has 3 nitrogen and oxygen atoms in total. The third kappa shape index (κ3) is 2.16. The summed E-state index contributed by atoms with van der Waals surface area (Å²) in [5.74, 6) is 0.833. The molecule has 0 aromatic carbocycles. The highest BCUT2D eigenvalue weighted by Crippen LogP contribution is 2.55. The van der Waals surface area contributed by atoms with Gasteiger partial charge in [0.25, 0.3) is 0 Å². The van der Waals surface area contributed by atoms with Crippen LogP contribution in [0.5, 0.6) is 0 Å². The van der Waals surface area contributed by atoms with E-state index in [1.807, 2.05) is 13.0 Å². The molecule has 0 amide bonds. The van der Waals surface area contributed by atoms with Gasteiger partial charge in [-0.1, -0.05) is 27.7 Å². The first-order chi connectivity index (χ1) is 9.03. The van der Waals surface area contributed by atoms with Gasteiger partial charge in [0.05, 0.1) is 22.3 Å². The molecule has 2 N–H and O–H groups in total. The van der Waals surface area contributed by atoms with Crippen molar-refractivity contribution in [1.82, 2.24) is 0 Å². The lowest BCUT2D eigenvalue weighted by Gasteiger charge is -2.62. The Hall–Kier alpha value is -0.980. The van der Waals surface area contributed by atoms with Crippen molar-refractivity contribution < 1.29 is 4.74 Å². The molecule has 1 saturated carbocycles. The summed E-state index contributed by atoms with van der Waals surface area (Å²) in [6.45, 7) is 10.4. The summed E-state index contributed by atoms with van der Waals surface area (Å²) in [4.78, 5) is -0.682. The summed E-state index contributed by atoms with van der Waals surface area (Å²) in [7, 11) is 0. The van der Waals surface area contributed by atoms with E-state index in [0.29, 0.717) is 12.0 Å². The maximum atomic E-state index is 9.06. The molecule has 0 radical (unpaired) electrons. The number of alkyl halides is 1. The first kappa shape index (κ1) is 15.4. The van der Waals surface area contributed by atoms with Crippen LogP contribution in [0.2, 0.25) is 0 Å². The second kappa shape index (κ2) is 4.51. The third-order valence-electron chi connectivity index (χ3n) is 4.85. The Morgan fingerprint density at radius 1 is 1.25 bits per heavy atom. The van der Waals surface area contributed by atoms with Crippen LogP contribution < -0.4 is 5.73 Å². The molecule has 1 fully saturated rings. The van der Waals surface area contributed by atoms with Crippen LogP contribution in [0.4, 0.5) is 0 Å². The summed E-state index contributed by atoms with van der Waals surface area (Å²) in [6.07, 6.45) is 4.20. The molecule has 2 aliphatic carbocycles. The van der Waals surface area contributed by atoms with Gasteiger partial charge in [0.2, 0.25) is 0 Å². The standard InChI is InChI=1S/C16H23ClN2O/c1-14(2)12(19)15(3,4)13(14)20-11-7-6-10(9-18)16(5,17)8-11/h6-7,12-13H,8,19H2,1-5H3/t12-,13-,16?. The fourth-order valence-corrected chi connectivity index (χ4v) is 3.91. The lowest BCUT2D eigenvalue weighted by Crippen LogP contribution is -2.71. The highest BCUT2D eigenvalue weighted by Gasteiger charge is 2.62. The molecular weight excluding hydrogens is 272 g/mol. The number of halogens is 1. The van der Waals surface area contributed by atoms with Gasteiger partial charge in [0.15, 0.2) is 0 Å². The molecule has 1 unspecified atom stereocenters. The summed E-state index contributed by atoms with van der Waals surface area (Å²) in [5.41, 5.74) is 6.70. The Balaban J connectivity index is 2.19. The first-order valence-corrected chi connectivity index (χ1v) is 7.34. The van der Waals surface area contributed by atoms with Crippen LogP contribution >= 0.6 is 11.6 Å². The number of rotatable bonds is 2. The zero-order chi connectivity index (χ0) is 15.3. The molecule has 0 heterocycles. The molecule has 1 atom stereocenters. The lowest BCUT2D eigenvalue weighted by molar-refractivity contribution is -0.183. The normalized spacial score (nSPS) is 38.1. The van der Waals surface area contributed by atoms with Crippen molar-refractivity contribution in [2.45, 2.75) is 58.1 Å². The third-order valence-corrected chi connectivity index (χ3v) is 5.19. The topological polar surface area (TPSA) is 59.0 Å². The fraction of sp³-hybridized carbons (Fsp3) is 0.688. The van der Waals surface area contributed by atoms with E-state index in [1.54, 1.807) is 6.08 Å². The van der Waals surface area contributed by atoms with Crippen molar-refractivity contribution in [2.75, 3.05) is 0 Å². The molecule has 0 bridgehead atoms. The van der Waals surface area contributed by atoms with E-state index in [4.69, 9.17) is 27.3 Å². The Bertz CT molecular complexity index is 507. The molecule has 0 spiro atoms. The van der Waals surface area contributed by atoms with Crippen LogP contribution in [-0.4, -0.2) is 17.0 Å². The number of nitrogens with two attached hydrogens (primary N) is 1. The minimum atomic E-state index is -0.682. The molecule has 20 heavy (non-hydrogen) atoms. The van der Waals surface area contributed by atoms with Gasteiger partial charge < -0.3 is 10.5 Å². The van der Waals surface area contributed by atoms with Crippen LogP contribution in [-0.2, 0) is 4.74 Å². The molecule has 2 rings (SSSR count). The highest BCUT2D eigenvalue weighted by molar-refractivity contribution is 6.26. The number of ether oxygens (including phenoxy) is 1. The number of nitrogens with zero attached hydrogens (tertiary/aromatic N) is 1. The van der Waals surface area contributed by atoms with Crippen molar-refractivity contribution in [3.63, 3.8) is 0 Å². The average molecular weight is 295 g/mol. The summed E-state index contributed by atoms with van der Waals surface area (Å²) in [6, 6.07) is 2.25. The fourth-order valence-electron chi connectivity index (χ4n) is 3.67. The maximum Gasteiger partial charge on any atom is 0.111 e. The molecule has 4 heteroatoms. The number of hydrogen-bond acceptors (Lipinski definition) is 3. The van der Waals surface area contributed by atoms with Crippen LogP contribution in [0, 0.1) is 22.2 Å². The molecule has 0 aromatic rings. The smallest absolute Gasteiger partial charge is 0.111 e. The molecule has 2 aliphatic rings. The summed E-state index contributed by atoms with van der Waals surface area (Å²) in [5, 5.41) is 9.06. The molecular formula is C16H23ClN2O. The van der Waals surface area contributed by atoms with Gasteiger partial charge in [-0.05, 0) is 19.1 Å². The minimum Gasteiger partial charge on any atom is -0.493 e. The van der Waals surface area contributed by atoms with E-state index < -0.39 is 4.87 Å². The van der Waals surface area contributed by atoms with Crippen molar-refractivity contribution in [2.24, 2.45) is 16.6 Å². The van der Waals surface area contributed by atoms with Crippen molar-refractivity contribution in [3.8, 4) is 6.07 Å². The monoisotopic (exact) mass is 294 g/mol. The Morgan fingerprint density at radius 3 is 2.25 bits per heavy atom. The maximum absolute atomic E-state index is 9.06. The van der Waals surface area contributed by atoms with Gasteiger partial charge in [-0.3, -0.25) is 0 Å². The van der Waals surface area contributed by atoms with Crippen molar-refractivity contribution >= 4 is 11.6 Å². The lowest BCUT2D eigenvalue weighted by atomic mass is 9.50. The van der Waals surface area contributed by atoms with E-state index in [0.717, 1.165) is 5.76 Å². The van der Waals surface area contributed by atoms with E-state index in [1.165, 1.54) is 0 Å². The molecule has 110 valence electrons. The zero-order valence-corrected chi connectivity index (χ0v) is 13.6. The SMILES string of the molecule is CC1(Cl)CC(O[C@H]2C(C)(C)[C@H](N)C2(C)C)=CC=C1C#N. The summed E-state index contributed by atoms with van der Waals surface area (Å²) >= 11 is 6.41. The van der Waals surface area contributed by atoms with Gasteiger partial charge in [0.1, 0.15) is 6.10 Å². The predicted molar refractivity (Wildman–Crippen MR) is 81.1 cm³/mol. The van der Waals surface area contributed by atoms with Crippen LogP contribution in [0.1, 0.15) is 41.0 Å². The number of hydrogen-bond donors (Lipinski definition) is 1. The van der Waals surface area contributed by atoms with Crippen molar-refractivity contribution in [1.29, 1.82) is 5.26 Å². The average Bonchev–Trinajstić information content (AvgIpc) is 2.33. The summed E-state index contributed by atoms with van der Waals surface area (Å²) < 4.78 is 6.20. The Kier molecular flexibility index (Phi) is 3.48. The van der Waals surface area contributed by atoms with E-state index >= 15 is 0 Å². The predicted octanol–water partition coefficient (Wildman–Crippen LogP) is 3.50. The Labute approximate surface area is 126 Å². The van der Waals surface area contributed by atoms with E-state index in [-0.39, 0.29) is 23.0 Å². The van der Waals surface area contributed by atoms with Crippen LogP contribution in [0.15, 0.2) is 23.5 Å². The second-order valence-electron chi connectivity index (χ2n) is 7.32. The number of nitriles is 1. The second-order valence-corrected chi connectivity index (χ2v) is 8.15. The van der Waals surface area contributed by atoms with E-state index in [9.17, 15) is 0 Å². The van der Waals surface area contributed by atoms with Gasteiger partial charge in [-0.25, -0.2) is 0 Å². The molecule has 0 aromatic heterocycles. The first-order valence-electron chi connectivity index (χ1n) is 6.96. The van der Waals surface area contributed by atoms with Gasteiger partial charge in [-0.2, -0.15) is 5.26 Å².